The maximum atomic E-state index is 5.60. The SMILES string of the molecule is S=C1NC(c2ccccc2)CCC1CSc1ccccc1. The van der Waals surface area contributed by atoms with Gasteiger partial charge in [-0.2, -0.15) is 0 Å². The van der Waals surface area contributed by atoms with Gasteiger partial charge < -0.3 is 5.32 Å². The normalized spacial score (nSPS) is 21.8. The molecule has 0 saturated carbocycles. The fourth-order valence-electron chi connectivity index (χ4n) is 2.67. The number of hydrogen-bond acceptors (Lipinski definition) is 2. The molecule has 2 unspecified atom stereocenters. The number of piperidine rings is 1. The van der Waals surface area contributed by atoms with Crippen LogP contribution in [0.5, 0.6) is 0 Å². The first-order valence-corrected chi connectivity index (χ1v) is 8.75. The van der Waals surface area contributed by atoms with Gasteiger partial charge in [-0.3, -0.25) is 0 Å². The standard InChI is InChI=1S/C18H19NS2/c20-18-15(13-21-16-9-5-2-6-10-16)11-12-17(19-18)14-7-3-1-4-8-14/h1-10,15,17H,11-13H2,(H,19,20). The summed E-state index contributed by atoms with van der Waals surface area (Å²) >= 11 is 7.50. The third-order valence-corrected chi connectivity index (χ3v) is 5.51. The summed E-state index contributed by atoms with van der Waals surface area (Å²) in [6.45, 7) is 0. The third-order valence-electron chi connectivity index (χ3n) is 3.89. The van der Waals surface area contributed by atoms with E-state index in [1.807, 2.05) is 11.8 Å². The molecular weight excluding hydrogens is 294 g/mol. The summed E-state index contributed by atoms with van der Waals surface area (Å²) in [5.41, 5.74) is 1.34. The molecule has 0 aliphatic carbocycles. The van der Waals surface area contributed by atoms with Gasteiger partial charge in [0.1, 0.15) is 0 Å². The van der Waals surface area contributed by atoms with Crippen LogP contribution in [-0.4, -0.2) is 10.7 Å². The first-order valence-electron chi connectivity index (χ1n) is 7.36. The zero-order valence-corrected chi connectivity index (χ0v) is 13.5. The highest BCUT2D eigenvalue weighted by Gasteiger charge is 2.25. The minimum Gasteiger partial charge on any atom is -0.373 e. The van der Waals surface area contributed by atoms with Crippen LogP contribution < -0.4 is 5.32 Å². The van der Waals surface area contributed by atoms with Gasteiger partial charge >= 0.3 is 0 Å². The Balaban J connectivity index is 1.55. The van der Waals surface area contributed by atoms with Crippen LogP contribution in [0.25, 0.3) is 0 Å². The molecule has 2 aromatic rings. The number of rotatable bonds is 4. The molecule has 2 aromatic carbocycles. The van der Waals surface area contributed by atoms with E-state index in [1.54, 1.807) is 0 Å². The van der Waals surface area contributed by atoms with Crippen molar-refractivity contribution in [3.63, 3.8) is 0 Å². The lowest BCUT2D eigenvalue weighted by Crippen LogP contribution is -2.38. The van der Waals surface area contributed by atoms with Crippen LogP contribution >= 0.6 is 24.0 Å². The lowest BCUT2D eigenvalue weighted by atomic mass is 9.92. The Morgan fingerprint density at radius 1 is 0.952 bits per heavy atom. The summed E-state index contributed by atoms with van der Waals surface area (Å²) in [7, 11) is 0. The van der Waals surface area contributed by atoms with E-state index in [-0.39, 0.29) is 0 Å². The summed E-state index contributed by atoms with van der Waals surface area (Å²) in [5.74, 6) is 1.56. The Hall–Kier alpha value is -1.32. The van der Waals surface area contributed by atoms with E-state index in [4.69, 9.17) is 12.2 Å². The van der Waals surface area contributed by atoms with E-state index < -0.39 is 0 Å². The van der Waals surface area contributed by atoms with Crippen LogP contribution in [0.2, 0.25) is 0 Å². The van der Waals surface area contributed by atoms with Crippen LogP contribution in [-0.2, 0) is 0 Å². The Kier molecular flexibility index (Phi) is 4.94. The van der Waals surface area contributed by atoms with Crippen LogP contribution in [0.4, 0.5) is 0 Å². The Labute approximate surface area is 136 Å². The third kappa shape index (κ3) is 3.86. The van der Waals surface area contributed by atoms with Crippen LogP contribution in [0.15, 0.2) is 65.6 Å². The van der Waals surface area contributed by atoms with Gasteiger partial charge in [0.25, 0.3) is 0 Å². The second kappa shape index (κ2) is 7.10. The van der Waals surface area contributed by atoms with E-state index >= 15 is 0 Å². The van der Waals surface area contributed by atoms with Crippen LogP contribution in [0.1, 0.15) is 24.4 Å². The fraction of sp³-hybridized carbons (Fsp3) is 0.278. The molecule has 3 rings (SSSR count). The van der Waals surface area contributed by atoms with Crippen molar-refractivity contribution in [2.45, 2.75) is 23.8 Å². The Bertz CT molecular complexity index is 583. The molecule has 0 aromatic heterocycles. The predicted octanol–water partition coefficient (Wildman–Crippen LogP) is 4.85. The number of thioether (sulfide) groups is 1. The minimum atomic E-state index is 0.386. The molecule has 21 heavy (non-hydrogen) atoms. The lowest BCUT2D eigenvalue weighted by molar-refractivity contribution is 0.474. The number of hydrogen-bond donors (Lipinski definition) is 1. The van der Waals surface area contributed by atoms with E-state index in [0.717, 1.165) is 17.2 Å². The molecule has 0 bridgehead atoms. The van der Waals surface area contributed by atoms with E-state index in [0.29, 0.717) is 12.0 Å². The summed E-state index contributed by atoms with van der Waals surface area (Å²) in [5, 5.41) is 3.54. The van der Waals surface area contributed by atoms with Crippen LogP contribution in [0, 0.1) is 5.92 Å². The smallest absolute Gasteiger partial charge is 0.0798 e. The first kappa shape index (κ1) is 14.6. The van der Waals surface area contributed by atoms with Crippen molar-refractivity contribution in [2.75, 3.05) is 5.75 Å². The predicted molar refractivity (Wildman–Crippen MR) is 94.8 cm³/mol. The molecule has 1 saturated heterocycles. The molecule has 0 spiro atoms. The van der Waals surface area contributed by atoms with Gasteiger partial charge in [0, 0.05) is 16.6 Å². The molecule has 3 heteroatoms. The van der Waals surface area contributed by atoms with Gasteiger partial charge in [-0.15, -0.1) is 11.8 Å². The zero-order valence-electron chi connectivity index (χ0n) is 11.9. The highest BCUT2D eigenvalue weighted by molar-refractivity contribution is 7.99. The molecule has 0 radical (unpaired) electrons. The van der Waals surface area contributed by atoms with Crippen molar-refractivity contribution in [1.29, 1.82) is 0 Å². The van der Waals surface area contributed by atoms with E-state index in [2.05, 4.69) is 66.0 Å². The monoisotopic (exact) mass is 313 g/mol. The van der Waals surface area contributed by atoms with Gasteiger partial charge in [-0.05, 0) is 30.5 Å². The maximum absolute atomic E-state index is 5.60. The highest BCUT2D eigenvalue weighted by atomic mass is 32.2. The minimum absolute atomic E-state index is 0.386. The van der Waals surface area contributed by atoms with Crippen molar-refractivity contribution in [3.05, 3.63) is 66.2 Å². The first-order chi connectivity index (χ1) is 10.3. The van der Waals surface area contributed by atoms with Crippen LogP contribution in [0.3, 0.4) is 0 Å². The number of thiocarbonyl (C=S) groups is 1. The second-order valence-corrected chi connectivity index (χ2v) is 6.90. The molecule has 1 heterocycles. The Morgan fingerprint density at radius 3 is 2.29 bits per heavy atom. The average Bonchev–Trinajstić information content (AvgIpc) is 2.55. The Morgan fingerprint density at radius 2 is 1.62 bits per heavy atom. The molecule has 0 amide bonds. The summed E-state index contributed by atoms with van der Waals surface area (Å²) in [6, 6.07) is 21.6. The van der Waals surface area contributed by atoms with Gasteiger partial charge in [-0.1, -0.05) is 60.7 Å². The largest absolute Gasteiger partial charge is 0.373 e. The summed E-state index contributed by atoms with van der Waals surface area (Å²) in [6.07, 6.45) is 2.33. The topological polar surface area (TPSA) is 12.0 Å². The molecule has 108 valence electrons. The van der Waals surface area contributed by atoms with Gasteiger partial charge in [0.2, 0.25) is 0 Å². The highest BCUT2D eigenvalue weighted by Crippen LogP contribution is 2.30. The fourth-order valence-corrected chi connectivity index (χ4v) is 4.19. The van der Waals surface area contributed by atoms with Gasteiger partial charge in [-0.25, -0.2) is 0 Å². The van der Waals surface area contributed by atoms with Gasteiger partial charge in [0.05, 0.1) is 11.0 Å². The molecule has 1 fully saturated rings. The van der Waals surface area contributed by atoms with Gasteiger partial charge in [0.15, 0.2) is 0 Å². The number of nitrogens with one attached hydrogen (secondary N) is 1. The molecule has 1 aliphatic heterocycles. The van der Waals surface area contributed by atoms with E-state index in [1.165, 1.54) is 16.9 Å². The maximum Gasteiger partial charge on any atom is 0.0798 e. The lowest BCUT2D eigenvalue weighted by Gasteiger charge is -2.31. The molecule has 1 N–H and O–H groups in total. The van der Waals surface area contributed by atoms with Crippen molar-refractivity contribution in [3.8, 4) is 0 Å². The quantitative estimate of drug-likeness (QED) is 0.640. The molecule has 2 atom stereocenters. The zero-order chi connectivity index (χ0) is 14.5. The average molecular weight is 313 g/mol. The van der Waals surface area contributed by atoms with Crippen molar-refractivity contribution in [1.82, 2.24) is 5.32 Å². The second-order valence-electron chi connectivity index (χ2n) is 5.37. The van der Waals surface area contributed by atoms with Crippen molar-refractivity contribution >= 4 is 29.0 Å². The summed E-state index contributed by atoms with van der Waals surface area (Å²) in [4.78, 5) is 2.35. The molecular formula is C18H19NS2. The molecule has 1 nitrogen and oxygen atoms in total. The van der Waals surface area contributed by atoms with Crippen molar-refractivity contribution in [2.24, 2.45) is 5.92 Å². The summed E-state index contributed by atoms with van der Waals surface area (Å²) < 4.78 is 0. The van der Waals surface area contributed by atoms with Crippen molar-refractivity contribution < 1.29 is 0 Å². The number of benzene rings is 2. The van der Waals surface area contributed by atoms with E-state index in [9.17, 15) is 0 Å². The molecule has 1 aliphatic rings.